The summed E-state index contributed by atoms with van der Waals surface area (Å²) < 4.78 is 5.01. The highest BCUT2D eigenvalue weighted by Gasteiger charge is 2.52. The number of imide groups is 1. The van der Waals surface area contributed by atoms with Crippen molar-refractivity contribution in [3.05, 3.63) is 30.3 Å². The van der Waals surface area contributed by atoms with E-state index in [0.29, 0.717) is 18.5 Å². The first kappa shape index (κ1) is 20.3. The molecule has 0 atom stereocenters. The number of carbonyl (C=O) groups excluding carboxylic acids is 4. The number of hydrogen-bond acceptors (Lipinski definition) is 6. The van der Waals surface area contributed by atoms with Gasteiger partial charge in [0.15, 0.2) is 6.61 Å². The first-order chi connectivity index (χ1) is 14.0. The number of urea groups is 1. The number of nitriles is 1. The van der Waals surface area contributed by atoms with Crippen molar-refractivity contribution < 1.29 is 23.9 Å². The molecular weight excluding hydrogens is 376 g/mol. The molecule has 1 aromatic carbocycles. The Bertz CT molecular complexity index is 842. The second kappa shape index (κ2) is 8.73. The summed E-state index contributed by atoms with van der Waals surface area (Å²) in [5.41, 5.74) is -0.310. The molecule has 1 heterocycles. The van der Waals surface area contributed by atoms with Gasteiger partial charge in [0.2, 0.25) is 0 Å². The van der Waals surface area contributed by atoms with Gasteiger partial charge in [-0.3, -0.25) is 19.3 Å². The Morgan fingerprint density at radius 2 is 1.90 bits per heavy atom. The molecule has 3 rings (SSSR count). The van der Waals surface area contributed by atoms with Crippen LogP contribution in [-0.4, -0.2) is 54.0 Å². The summed E-state index contributed by atoms with van der Waals surface area (Å²) in [6.45, 7) is -0.927. The maximum Gasteiger partial charge on any atom is 0.326 e. The van der Waals surface area contributed by atoms with E-state index >= 15 is 0 Å². The minimum Gasteiger partial charge on any atom is -0.454 e. The van der Waals surface area contributed by atoms with Crippen LogP contribution in [0, 0.1) is 11.3 Å². The Balaban J connectivity index is 1.56. The number of carbonyl (C=O) groups is 4. The number of esters is 1. The third-order valence-corrected chi connectivity index (χ3v) is 5.16. The van der Waals surface area contributed by atoms with E-state index in [1.807, 2.05) is 6.07 Å². The highest BCUT2D eigenvalue weighted by Crippen LogP contribution is 2.34. The zero-order chi connectivity index (χ0) is 20.9. The van der Waals surface area contributed by atoms with Gasteiger partial charge in [0, 0.05) is 12.2 Å². The molecule has 4 amide bonds. The molecule has 9 heteroatoms. The van der Waals surface area contributed by atoms with E-state index in [1.54, 1.807) is 30.3 Å². The molecule has 29 heavy (non-hydrogen) atoms. The molecule has 0 unspecified atom stereocenters. The maximum absolute atomic E-state index is 12.6. The minimum atomic E-state index is -0.894. The number of para-hydroxylation sites is 1. The Kier molecular flexibility index (Phi) is 6.12. The Hall–Kier alpha value is -3.41. The first-order valence-corrected chi connectivity index (χ1v) is 9.49. The molecule has 152 valence electrons. The number of rotatable bonds is 7. The minimum absolute atomic E-state index is 0.124. The molecule has 2 aliphatic rings. The van der Waals surface area contributed by atoms with Crippen molar-refractivity contribution >= 4 is 29.5 Å². The molecule has 2 fully saturated rings. The average molecular weight is 398 g/mol. The molecule has 1 saturated carbocycles. The van der Waals surface area contributed by atoms with Crippen LogP contribution in [0.5, 0.6) is 0 Å². The molecule has 0 aromatic heterocycles. The number of amides is 4. The normalized spacial score (nSPS) is 17.1. The maximum atomic E-state index is 12.6. The lowest BCUT2D eigenvalue weighted by atomic mass is 9.98. The summed E-state index contributed by atoms with van der Waals surface area (Å²) in [4.78, 5) is 51.5. The predicted molar refractivity (Wildman–Crippen MR) is 101 cm³/mol. The van der Waals surface area contributed by atoms with Gasteiger partial charge in [-0.1, -0.05) is 31.0 Å². The Morgan fingerprint density at radius 1 is 1.21 bits per heavy atom. The summed E-state index contributed by atoms with van der Waals surface area (Å²) >= 11 is 0. The average Bonchev–Trinajstić information content (AvgIpc) is 3.28. The van der Waals surface area contributed by atoms with E-state index in [2.05, 4.69) is 5.32 Å². The number of benzene rings is 1. The van der Waals surface area contributed by atoms with Crippen LogP contribution in [0.3, 0.4) is 0 Å². The van der Waals surface area contributed by atoms with E-state index in [0.717, 1.165) is 17.7 Å². The van der Waals surface area contributed by atoms with Gasteiger partial charge in [0.05, 0.1) is 12.5 Å². The van der Waals surface area contributed by atoms with Crippen LogP contribution in [0.15, 0.2) is 30.3 Å². The molecule has 0 radical (unpaired) electrons. The van der Waals surface area contributed by atoms with Gasteiger partial charge >= 0.3 is 12.0 Å². The Labute approximate surface area is 168 Å². The molecule has 9 nitrogen and oxygen atoms in total. The molecule has 1 aromatic rings. The van der Waals surface area contributed by atoms with E-state index in [-0.39, 0.29) is 13.0 Å². The highest BCUT2D eigenvalue weighted by molar-refractivity contribution is 6.09. The van der Waals surface area contributed by atoms with Crippen LogP contribution in [0.4, 0.5) is 10.5 Å². The van der Waals surface area contributed by atoms with Crippen molar-refractivity contribution in [3.8, 4) is 6.07 Å². The summed E-state index contributed by atoms with van der Waals surface area (Å²) in [5, 5.41) is 11.5. The van der Waals surface area contributed by atoms with Crippen molar-refractivity contribution in [2.45, 2.75) is 37.6 Å². The lowest BCUT2D eigenvalue weighted by Crippen LogP contribution is -2.44. The summed E-state index contributed by atoms with van der Waals surface area (Å²) in [5.74, 6) is -1.75. The van der Waals surface area contributed by atoms with Gasteiger partial charge in [-0.2, -0.15) is 5.26 Å². The topological polar surface area (TPSA) is 120 Å². The number of hydrogen-bond donors (Lipinski definition) is 1. The first-order valence-electron chi connectivity index (χ1n) is 9.49. The predicted octanol–water partition coefficient (Wildman–Crippen LogP) is 1.34. The van der Waals surface area contributed by atoms with Gasteiger partial charge < -0.3 is 15.0 Å². The van der Waals surface area contributed by atoms with Crippen LogP contribution >= 0.6 is 0 Å². The van der Waals surface area contributed by atoms with Crippen LogP contribution in [0.25, 0.3) is 0 Å². The van der Waals surface area contributed by atoms with Gasteiger partial charge in [-0.15, -0.1) is 0 Å². The molecule has 1 spiro atoms. The van der Waals surface area contributed by atoms with Gasteiger partial charge in [0.25, 0.3) is 11.8 Å². The number of nitrogens with one attached hydrogen (secondary N) is 1. The number of nitrogens with zero attached hydrogens (tertiary/aromatic N) is 3. The number of anilines is 1. The largest absolute Gasteiger partial charge is 0.454 e. The van der Waals surface area contributed by atoms with E-state index in [1.165, 1.54) is 4.90 Å². The third kappa shape index (κ3) is 4.37. The van der Waals surface area contributed by atoms with Crippen molar-refractivity contribution in [3.63, 3.8) is 0 Å². The standard InChI is InChI=1S/C20H22N4O5/c21-11-6-12-23(15-7-2-1-3-8-15)16(25)14-29-17(26)13-24-18(27)20(22-19(24)28)9-4-5-10-20/h1-3,7-8H,4-6,9-10,12-14H2,(H,22,28). The van der Waals surface area contributed by atoms with Crippen molar-refractivity contribution in [2.24, 2.45) is 0 Å². The monoisotopic (exact) mass is 398 g/mol. The Morgan fingerprint density at radius 3 is 2.55 bits per heavy atom. The zero-order valence-electron chi connectivity index (χ0n) is 15.9. The zero-order valence-corrected chi connectivity index (χ0v) is 15.9. The molecule has 1 aliphatic heterocycles. The second-order valence-electron chi connectivity index (χ2n) is 7.06. The van der Waals surface area contributed by atoms with Gasteiger partial charge in [0.1, 0.15) is 12.1 Å². The lowest BCUT2D eigenvalue weighted by Gasteiger charge is -2.22. The van der Waals surface area contributed by atoms with Gasteiger partial charge in [-0.25, -0.2) is 4.79 Å². The van der Waals surface area contributed by atoms with E-state index in [9.17, 15) is 19.2 Å². The smallest absolute Gasteiger partial charge is 0.326 e. The molecule has 1 aliphatic carbocycles. The summed E-state index contributed by atoms with van der Waals surface area (Å²) in [6, 6.07) is 10.1. The number of ether oxygens (including phenoxy) is 1. The highest BCUT2D eigenvalue weighted by atomic mass is 16.5. The molecular formula is C20H22N4O5. The van der Waals surface area contributed by atoms with Crippen molar-refractivity contribution in [2.75, 3.05) is 24.6 Å². The quantitative estimate of drug-likeness (QED) is 0.547. The summed E-state index contributed by atoms with van der Waals surface area (Å²) in [7, 11) is 0. The van der Waals surface area contributed by atoms with Crippen LogP contribution in [0.2, 0.25) is 0 Å². The van der Waals surface area contributed by atoms with Crippen LogP contribution < -0.4 is 10.2 Å². The van der Waals surface area contributed by atoms with Gasteiger partial charge in [-0.05, 0) is 25.0 Å². The van der Waals surface area contributed by atoms with E-state index in [4.69, 9.17) is 10.00 Å². The van der Waals surface area contributed by atoms with Crippen LogP contribution in [0.1, 0.15) is 32.1 Å². The fraction of sp³-hybridized carbons (Fsp3) is 0.450. The van der Waals surface area contributed by atoms with Crippen molar-refractivity contribution in [1.82, 2.24) is 10.2 Å². The molecule has 1 saturated heterocycles. The van der Waals surface area contributed by atoms with E-state index < -0.39 is 42.5 Å². The van der Waals surface area contributed by atoms with Crippen molar-refractivity contribution in [1.29, 1.82) is 5.26 Å². The molecule has 1 N–H and O–H groups in total. The fourth-order valence-electron chi connectivity index (χ4n) is 3.70. The SMILES string of the molecule is N#CCCN(C(=O)COC(=O)CN1C(=O)NC2(CCCC2)C1=O)c1ccccc1. The lowest BCUT2D eigenvalue weighted by molar-refractivity contribution is -0.150. The fourth-order valence-corrected chi connectivity index (χ4v) is 3.70. The summed E-state index contributed by atoms with van der Waals surface area (Å²) in [6.07, 6.45) is 2.94. The third-order valence-electron chi connectivity index (χ3n) is 5.16. The van der Waals surface area contributed by atoms with Crippen LogP contribution in [-0.2, 0) is 19.1 Å². The molecule has 0 bridgehead atoms. The second-order valence-corrected chi connectivity index (χ2v) is 7.06.